The minimum Gasteiger partial charge on any atom is -0.489 e. The van der Waals surface area contributed by atoms with E-state index in [1.54, 1.807) is 12.1 Å². The van der Waals surface area contributed by atoms with E-state index in [4.69, 9.17) is 10.5 Å². The number of ether oxygens (including phenoxy) is 1. The van der Waals surface area contributed by atoms with Crippen LogP contribution in [0.3, 0.4) is 0 Å². The monoisotopic (exact) mass is 268 g/mol. The van der Waals surface area contributed by atoms with Crippen molar-refractivity contribution >= 4 is 16.7 Å². The molecule has 2 aromatic carbocycles. The second-order valence-electron chi connectivity index (χ2n) is 4.47. The van der Waals surface area contributed by atoms with Crippen LogP contribution in [0, 0.1) is 5.82 Å². The van der Waals surface area contributed by atoms with Crippen LogP contribution in [0.25, 0.3) is 10.9 Å². The number of aromatic nitrogens is 1. The lowest BCUT2D eigenvalue weighted by molar-refractivity contribution is 0.305. The van der Waals surface area contributed by atoms with Crippen molar-refractivity contribution in [3.05, 3.63) is 66.0 Å². The number of nitrogens with two attached hydrogens (primary N) is 1. The van der Waals surface area contributed by atoms with Gasteiger partial charge < -0.3 is 10.5 Å². The predicted octanol–water partition coefficient (Wildman–Crippen LogP) is 3.54. The molecule has 1 heterocycles. The van der Waals surface area contributed by atoms with Crippen LogP contribution in [0.5, 0.6) is 5.75 Å². The Hall–Kier alpha value is -2.62. The zero-order valence-corrected chi connectivity index (χ0v) is 10.7. The Kier molecular flexibility index (Phi) is 3.21. The van der Waals surface area contributed by atoms with E-state index in [1.807, 2.05) is 30.3 Å². The van der Waals surface area contributed by atoms with Crippen molar-refractivity contribution in [2.45, 2.75) is 6.61 Å². The van der Waals surface area contributed by atoms with Gasteiger partial charge in [-0.2, -0.15) is 0 Å². The number of rotatable bonds is 3. The van der Waals surface area contributed by atoms with Crippen LogP contribution in [0.2, 0.25) is 0 Å². The molecule has 0 amide bonds. The van der Waals surface area contributed by atoms with Crippen molar-refractivity contribution < 1.29 is 9.13 Å². The zero-order valence-electron chi connectivity index (χ0n) is 10.7. The van der Waals surface area contributed by atoms with E-state index < -0.39 is 0 Å². The first-order valence-electron chi connectivity index (χ1n) is 6.25. The van der Waals surface area contributed by atoms with Crippen LogP contribution in [0.1, 0.15) is 5.56 Å². The van der Waals surface area contributed by atoms with Crippen molar-refractivity contribution in [3.8, 4) is 5.75 Å². The largest absolute Gasteiger partial charge is 0.489 e. The molecule has 0 radical (unpaired) electrons. The number of hydrogen-bond acceptors (Lipinski definition) is 3. The average molecular weight is 268 g/mol. The molecule has 20 heavy (non-hydrogen) atoms. The fraction of sp³-hybridized carbons (Fsp3) is 0.0625. The summed E-state index contributed by atoms with van der Waals surface area (Å²) in [5.74, 6) is 0.574. The molecule has 1 aromatic heterocycles. The molecule has 3 aromatic rings. The minimum atomic E-state index is -0.327. The van der Waals surface area contributed by atoms with Crippen molar-refractivity contribution in [1.82, 2.24) is 4.98 Å². The van der Waals surface area contributed by atoms with Gasteiger partial charge in [-0.05, 0) is 24.3 Å². The number of nitrogens with zero attached hydrogens (tertiary/aromatic N) is 1. The van der Waals surface area contributed by atoms with Crippen LogP contribution in [0.15, 0.2) is 54.6 Å². The minimum absolute atomic E-state index is 0.257. The molecule has 0 unspecified atom stereocenters. The third-order valence-corrected chi connectivity index (χ3v) is 3.03. The fourth-order valence-electron chi connectivity index (χ4n) is 2.01. The Morgan fingerprint density at radius 1 is 1.05 bits per heavy atom. The molecule has 0 atom stereocenters. The molecule has 0 fully saturated rings. The van der Waals surface area contributed by atoms with E-state index in [1.165, 1.54) is 12.1 Å². The summed E-state index contributed by atoms with van der Waals surface area (Å²) in [5.41, 5.74) is 7.55. The average Bonchev–Trinajstić information content (AvgIpc) is 2.45. The first-order valence-corrected chi connectivity index (χ1v) is 6.25. The van der Waals surface area contributed by atoms with Gasteiger partial charge in [0.05, 0.1) is 5.52 Å². The molecule has 100 valence electrons. The topological polar surface area (TPSA) is 48.1 Å². The maximum absolute atomic E-state index is 13.1. The van der Waals surface area contributed by atoms with Crippen LogP contribution in [-0.2, 0) is 6.61 Å². The second-order valence-corrected chi connectivity index (χ2v) is 4.47. The van der Waals surface area contributed by atoms with Gasteiger partial charge in [0.2, 0.25) is 0 Å². The Labute approximate surface area is 115 Å². The van der Waals surface area contributed by atoms with E-state index in [0.29, 0.717) is 11.6 Å². The summed E-state index contributed by atoms with van der Waals surface area (Å²) in [6, 6.07) is 15.7. The Morgan fingerprint density at radius 2 is 1.90 bits per heavy atom. The van der Waals surface area contributed by atoms with Gasteiger partial charge in [0.15, 0.2) is 0 Å². The van der Waals surface area contributed by atoms with Crippen molar-refractivity contribution in [3.63, 3.8) is 0 Å². The number of pyridine rings is 1. The second kappa shape index (κ2) is 5.17. The van der Waals surface area contributed by atoms with E-state index in [-0.39, 0.29) is 12.4 Å². The lowest BCUT2D eigenvalue weighted by Gasteiger charge is -2.09. The summed E-state index contributed by atoms with van der Waals surface area (Å²) in [7, 11) is 0. The smallest absolute Gasteiger partial charge is 0.130 e. The molecule has 0 spiro atoms. The van der Waals surface area contributed by atoms with Gasteiger partial charge in [-0.25, -0.2) is 9.37 Å². The highest BCUT2D eigenvalue weighted by Gasteiger charge is 2.05. The molecule has 0 saturated carbocycles. The number of anilines is 1. The number of para-hydroxylation sites is 1. The zero-order chi connectivity index (χ0) is 13.9. The number of nitrogen functional groups attached to an aromatic ring is 1. The summed E-state index contributed by atoms with van der Waals surface area (Å²) in [4.78, 5) is 4.33. The maximum Gasteiger partial charge on any atom is 0.130 e. The van der Waals surface area contributed by atoms with Gasteiger partial charge in [-0.3, -0.25) is 0 Å². The quantitative estimate of drug-likeness (QED) is 0.790. The Morgan fingerprint density at radius 3 is 2.75 bits per heavy atom. The number of fused-ring (bicyclic) bond motifs is 1. The molecular formula is C16H13FN2O. The van der Waals surface area contributed by atoms with Crippen LogP contribution in [-0.4, -0.2) is 4.98 Å². The third kappa shape index (κ3) is 2.54. The van der Waals surface area contributed by atoms with E-state index in [2.05, 4.69) is 4.98 Å². The number of halogens is 1. The van der Waals surface area contributed by atoms with Gasteiger partial charge in [0.1, 0.15) is 24.0 Å². The number of hydrogen-bond donors (Lipinski definition) is 1. The first kappa shape index (κ1) is 12.4. The van der Waals surface area contributed by atoms with Crippen LogP contribution in [0.4, 0.5) is 10.2 Å². The van der Waals surface area contributed by atoms with Gasteiger partial charge in [-0.1, -0.05) is 24.3 Å². The molecule has 0 aliphatic rings. The van der Waals surface area contributed by atoms with E-state index in [9.17, 15) is 4.39 Å². The highest BCUT2D eigenvalue weighted by atomic mass is 19.1. The van der Waals surface area contributed by atoms with Gasteiger partial charge in [0.25, 0.3) is 0 Å². The molecular weight excluding hydrogens is 255 g/mol. The van der Waals surface area contributed by atoms with Crippen LogP contribution >= 0.6 is 0 Å². The molecule has 0 saturated heterocycles. The normalized spacial score (nSPS) is 10.7. The van der Waals surface area contributed by atoms with E-state index in [0.717, 1.165) is 16.5 Å². The van der Waals surface area contributed by atoms with Crippen molar-refractivity contribution in [1.29, 1.82) is 0 Å². The summed E-state index contributed by atoms with van der Waals surface area (Å²) >= 11 is 0. The Bertz CT molecular complexity index is 758. The summed E-state index contributed by atoms with van der Waals surface area (Å²) in [5, 5.41) is 1.000. The highest BCUT2D eigenvalue weighted by Crippen LogP contribution is 2.20. The van der Waals surface area contributed by atoms with Crippen molar-refractivity contribution in [2.24, 2.45) is 0 Å². The molecule has 0 aliphatic carbocycles. The molecule has 4 heteroatoms. The maximum atomic E-state index is 13.1. The standard InChI is InChI=1S/C16H13FN2O/c17-13-5-3-6-14(9-13)20-10-12-8-11-4-1-2-7-15(11)19-16(12)18/h1-9H,10H2,(H2,18,19). The highest BCUT2D eigenvalue weighted by molar-refractivity contribution is 5.81. The molecule has 3 nitrogen and oxygen atoms in total. The molecule has 3 rings (SSSR count). The molecule has 2 N–H and O–H groups in total. The van der Waals surface area contributed by atoms with Crippen LogP contribution < -0.4 is 10.5 Å². The van der Waals surface area contributed by atoms with Gasteiger partial charge in [-0.15, -0.1) is 0 Å². The van der Waals surface area contributed by atoms with Gasteiger partial charge in [0, 0.05) is 17.0 Å². The third-order valence-electron chi connectivity index (χ3n) is 3.03. The van der Waals surface area contributed by atoms with E-state index >= 15 is 0 Å². The SMILES string of the molecule is Nc1nc2ccccc2cc1COc1cccc(F)c1. The molecule has 0 aliphatic heterocycles. The summed E-state index contributed by atoms with van der Waals surface area (Å²) < 4.78 is 18.6. The lowest BCUT2D eigenvalue weighted by atomic mass is 10.1. The van der Waals surface area contributed by atoms with Gasteiger partial charge >= 0.3 is 0 Å². The Balaban J connectivity index is 1.85. The molecule has 0 bridgehead atoms. The fourth-order valence-corrected chi connectivity index (χ4v) is 2.01. The summed E-state index contributed by atoms with van der Waals surface area (Å²) in [6.45, 7) is 0.257. The van der Waals surface area contributed by atoms with Crippen molar-refractivity contribution in [2.75, 3.05) is 5.73 Å². The first-order chi connectivity index (χ1) is 9.72. The number of benzene rings is 2. The lowest BCUT2D eigenvalue weighted by Crippen LogP contribution is -2.02. The predicted molar refractivity (Wildman–Crippen MR) is 76.9 cm³/mol. The summed E-state index contributed by atoms with van der Waals surface area (Å²) in [6.07, 6.45) is 0.